The Morgan fingerprint density at radius 1 is 0.929 bits per heavy atom. The number of hydrogen-bond acceptors (Lipinski definition) is 4. The van der Waals surface area contributed by atoms with Crippen LogP contribution < -0.4 is 21.1 Å². The topological polar surface area (TPSA) is 93.5 Å². The second-order valence-electron chi connectivity index (χ2n) is 7.69. The van der Waals surface area contributed by atoms with Crippen molar-refractivity contribution in [3.63, 3.8) is 0 Å². The number of nitrogens with one attached hydrogen (secondary N) is 2. The van der Waals surface area contributed by atoms with Gasteiger partial charge in [-0.3, -0.25) is 9.59 Å². The number of anilines is 2. The lowest BCUT2D eigenvalue weighted by Gasteiger charge is -2.27. The molecule has 2 aromatic rings. The van der Waals surface area contributed by atoms with Crippen LogP contribution in [0.3, 0.4) is 0 Å². The molecule has 4 unspecified atom stereocenters. The number of fused-ring (bicyclic) bond motifs is 2. The fourth-order valence-corrected chi connectivity index (χ4v) is 4.53. The Labute approximate surface area is 164 Å². The van der Waals surface area contributed by atoms with Crippen LogP contribution in [0.15, 0.2) is 48.5 Å². The molecule has 2 aliphatic rings. The van der Waals surface area contributed by atoms with E-state index < -0.39 is 0 Å². The van der Waals surface area contributed by atoms with E-state index in [2.05, 4.69) is 10.6 Å². The minimum atomic E-state index is -0.210. The lowest BCUT2D eigenvalue weighted by atomic mass is 9.84. The number of methoxy groups -OCH3 is 1. The van der Waals surface area contributed by atoms with Gasteiger partial charge in [0, 0.05) is 23.0 Å². The zero-order valence-corrected chi connectivity index (χ0v) is 15.9. The Hall–Kier alpha value is -2.86. The minimum Gasteiger partial charge on any atom is -0.497 e. The number of carbonyl (C=O) groups excluding carboxylic acids is 2. The largest absolute Gasteiger partial charge is 0.497 e. The zero-order valence-electron chi connectivity index (χ0n) is 15.9. The number of benzene rings is 2. The molecule has 28 heavy (non-hydrogen) atoms. The monoisotopic (exact) mass is 379 g/mol. The number of amides is 2. The molecule has 0 aliphatic heterocycles. The van der Waals surface area contributed by atoms with Gasteiger partial charge in [-0.05, 0) is 79.6 Å². The third-order valence-corrected chi connectivity index (χ3v) is 6.05. The number of carbonyl (C=O) groups is 2. The van der Waals surface area contributed by atoms with Gasteiger partial charge in [0.2, 0.25) is 5.91 Å². The molecule has 2 aliphatic carbocycles. The molecule has 146 valence electrons. The first-order valence-electron chi connectivity index (χ1n) is 9.67. The summed E-state index contributed by atoms with van der Waals surface area (Å²) >= 11 is 0. The highest BCUT2D eigenvalue weighted by molar-refractivity contribution is 6.04. The van der Waals surface area contributed by atoms with Gasteiger partial charge in [-0.15, -0.1) is 0 Å². The molecule has 0 saturated heterocycles. The molecule has 2 amide bonds. The second kappa shape index (κ2) is 7.64. The standard InChI is InChI=1S/C22H25N3O3/c1-28-18-10-8-17(9-11-18)24-21(26)13-4-6-16(7-5-13)25-22(27)19-14-2-3-15(12-14)20(19)23/h4-11,14-15,19-20H,2-3,12,23H2,1H3,(H,24,26)(H,25,27). The summed E-state index contributed by atoms with van der Waals surface area (Å²) in [5.74, 6) is 1.32. The van der Waals surface area contributed by atoms with Crippen LogP contribution in [0.4, 0.5) is 11.4 Å². The van der Waals surface area contributed by atoms with Crippen LogP contribution >= 0.6 is 0 Å². The van der Waals surface area contributed by atoms with Crippen LogP contribution in [0.25, 0.3) is 0 Å². The molecule has 2 saturated carbocycles. The first-order valence-corrected chi connectivity index (χ1v) is 9.67. The van der Waals surface area contributed by atoms with Crippen LogP contribution in [0.1, 0.15) is 29.6 Å². The first-order chi connectivity index (χ1) is 13.5. The van der Waals surface area contributed by atoms with E-state index in [9.17, 15) is 9.59 Å². The predicted octanol–water partition coefficient (Wildman–Crippen LogP) is 3.26. The molecular weight excluding hydrogens is 354 g/mol. The summed E-state index contributed by atoms with van der Waals surface area (Å²) in [6.07, 6.45) is 3.32. The molecule has 0 aromatic heterocycles. The van der Waals surface area contributed by atoms with Gasteiger partial charge in [0.25, 0.3) is 5.91 Å². The molecule has 6 nitrogen and oxygen atoms in total. The Balaban J connectivity index is 1.36. The van der Waals surface area contributed by atoms with E-state index in [4.69, 9.17) is 10.5 Å². The summed E-state index contributed by atoms with van der Waals surface area (Å²) in [5.41, 5.74) is 8.14. The van der Waals surface area contributed by atoms with Gasteiger partial charge in [0.05, 0.1) is 13.0 Å². The highest BCUT2D eigenvalue weighted by Gasteiger charge is 2.49. The van der Waals surface area contributed by atoms with Crippen molar-refractivity contribution < 1.29 is 14.3 Å². The van der Waals surface area contributed by atoms with Crippen molar-refractivity contribution in [1.29, 1.82) is 0 Å². The van der Waals surface area contributed by atoms with Gasteiger partial charge in [0.1, 0.15) is 5.75 Å². The van der Waals surface area contributed by atoms with Crippen LogP contribution in [-0.2, 0) is 4.79 Å². The van der Waals surface area contributed by atoms with Gasteiger partial charge in [-0.25, -0.2) is 0 Å². The summed E-state index contributed by atoms with van der Waals surface area (Å²) in [4.78, 5) is 25.0. The summed E-state index contributed by atoms with van der Waals surface area (Å²) in [7, 11) is 1.60. The fraction of sp³-hybridized carbons (Fsp3) is 0.364. The predicted molar refractivity (Wildman–Crippen MR) is 108 cm³/mol. The quantitative estimate of drug-likeness (QED) is 0.743. The van der Waals surface area contributed by atoms with E-state index in [1.807, 2.05) is 0 Å². The Morgan fingerprint density at radius 2 is 1.54 bits per heavy atom. The maximum atomic E-state index is 12.6. The Morgan fingerprint density at radius 3 is 2.14 bits per heavy atom. The van der Waals surface area contributed by atoms with Gasteiger partial charge >= 0.3 is 0 Å². The van der Waals surface area contributed by atoms with Crippen molar-refractivity contribution >= 4 is 23.2 Å². The van der Waals surface area contributed by atoms with Gasteiger partial charge < -0.3 is 21.1 Å². The lowest BCUT2D eigenvalue weighted by molar-refractivity contribution is -0.121. The number of nitrogens with two attached hydrogens (primary N) is 1. The van der Waals surface area contributed by atoms with E-state index in [1.54, 1.807) is 55.6 Å². The zero-order chi connectivity index (χ0) is 19.7. The average Bonchev–Trinajstić information content (AvgIpc) is 3.30. The van der Waals surface area contributed by atoms with E-state index in [-0.39, 0.29) is 23.8 Å². The van der Waals surface area contributed by atoms with E-state index in [1.165, 1.54) is 0 Å². The number of hydrogen-bond donors (Lipinski definition) is 3. The normalized spacial score (nSPS) is 25.4. The molecule has 0 heterocycles. The molecule has 0 radical (unpaired) electrons. The average molecular weight is 379 g/mol. The molecule has 4 atom stereocenters. The van der Waals surface area contributed by atoms with Gasteiger partial charge in [0.15, 0.2) is 0 Å². The van der Waals surface area contributed by atoms with E-state index in [0.29, 0.717) is 28.8 Å². The van der Waals surface area contributed by atoms with Crippen LogP contribution in [0, 0.1) is 17.8 Å². The lowest BCUT2D eigenvalue weighted by Crippen LogP contribution is -2.42. The van der Waals surface area contributed by atoms with Crippen molar-refractivity contribution in [2.45, 2.75) is 25.3 Å². The summed E-state index contributed by atoms with van der Waals surface area (Å²) < 4.78 is 5.11. The van der Waals surface area contributed by atoms with Crippen LogP contribution in [0.5, 0.6) is 5.75 Å². The number of rotatable bonds is 5. The molecule has 4 rings (SSSR count). The Kier molecular flexibility index (Phi) is 5.05. The van der Waals surface area contributed by atoms with Gasteiger partial charge in [-0.1, -0.05) is 0 Å². The molecule has 6 heteroatoms. The molecule has 2 aromatic carbocycles. The Bertz CT molecular complexity index is 862. The molecular formula is C22H25N3O3. The molecule has 4 N–H and O–H groups in total. The maximum Gasteiger partial charge on any atom is 0.255 e. The van der Waals surface area contributed by atoms with Crippen molar-refractivity contribution in [3.05, 3.63) is 54.1 Å². The third kappa shape index (κ3) is 3.60. The number of ether oxygens (including phenoxy) is 1. The van der Waals surface area contributed by atoms with E-state index >= 15 is 0 Å². The van der Waals surface area contributed by atoms with Crippen molar-refractivity contribution in [2.24, 2.45) is 23.5 Å². The minimum absolute atomic E-state index is 0.00451. The fourth-order valence-electron chi connectivity index (χ4n) is 4.53. The highest BCUT2D eigenvalue weighted by atomic mass is 16.5. The first kappa shape index (κ1) is 18.5. The van der Waals surface area contributed by atoms with E-state index in [0.717, 1.165) is 25.0 Å². The second-order valence-corrected chi connectivity index (χ2v) is 7.69. The third-order valence-electron chi connectivity index (χ3n) is 6.05. The smallest absolute Gasteiger partial charge is 0.255 e. The maximum absolute atomic E-state index is 12.6. The molecule has 2 bridgehead atoms. The van der Waals surface area contributed by atoms with Crippen molar-refractivity contribution in [3.8, 4) is 5.75 Å². The highest BCUT2D eigenvalue weighted by Crippen LogP contribution is 2.47. The summed E-state index contributed by atoms with van der Waals surface area (Å²) in [6, 6.07) is 14.0. The van der Waals surface area contributed by atoms with Crippen LogP contribution in [-0.4, -0.2) is 25.0 Å². The van der Waals surface area contributed by atoms with Gasteiger partial charge in [-0.2, -0.15) is 0 Å². The van der Waals surface area contributed by atoms with Crippen molar-refractivity contribution in [2.75, 3.05) is 17.7 Å². The molecule has 2 fully saturated rings. The summed E-state index contributed by atoms with van der Waals surface area (Å²) in [5, 5.41) is 5.80. The van der Waals surface area contributed by atoms with Crippen LogP contribution in [0.2, 0.25) is 0 Å². The molecule has 0 spiro atoms. The SMILES string of the molecule is COc1ccc(NC(=O)c2ccc(NC(=O)C3C4CCC(C4)C3N)cc2)cc1. The summed E-state index contributed by atoms with van der Waals surface area (Å²) in [6.45, 7) is 0. The van der Waals surface area contributed by atoms with Crippen molar-refractivity contribution in [1.82, 2.24) is 0 Å².